The number of hydrogen-bond donors (Lipinski definition) is 1. The molecule has 1 N–H and O–H groups in total. The standard InChI is InChI=1S/C12H24N4S/c1-11-10-12(16(4)14-11)17-9-7-13-6-5-8-15(2)3/h10,13H,5-9H2,1-4H3. The molecule has 0 aliphatic heterocycles. The molecule has 0 unspecified atom stereocenters. The number of aryl methyl sites for hydroxylation is 2. The van der Waals surface area contributed by atoms with Gasteiger partial charge in [-0.2, -0.15) is 5.10 Å². The molecule has 0 amide bonds. The Bertz CT molecular complexity index is 322. The molecule has 0 fully saturated rings. The highest BCUT2D eigenvalue weighted by atomic mass is 32.2. The molecule has 0 aliphatic carbocycles. The van der Waals surface area contributed by atoms with Gasteiger partial charge in [-0.05, 0) is 46.6 Å². The van der Waals surface area contributed by atoms with E-state index in [-0.39, 0.29) is 0 Å². The van der Waals surface area contributed by atoms with Crippen LogP contribution in [0.5, 0.6) is 0 Å². The molecule has 0 saturated carbocycles. The second-order valence-corrected chi connectivity index (χ2v) is 5.62. The summed E-state index contributed by atoms with van der Waals surface area (Å²) in [5, 5.41) is 9.04. The van der Waals surface area contributed by atoms with Crippen molar-refractivity contribution >= 4 is 11.8 Å². The maximum absolute atomic E-state index is 4.33. The number of nitrogens with one attached hydrogen (secondary N) is 1. The lowest BCUT2D eigenvalue weighted by atomic mass is 10.4. The van der Waals surface area contributed by atoms with Crippen LogP contribution in [0.2, 0.25) is 0 Å². The second-order valence-electron chi connectivity index (χ2n) is 4.50. The number of nitrogens with zero attached hydrogens (tertiary/aromatic N) is 3. The molecule has 0 spiro atoms. The highest BCUT2D eigenvalue weighted by Gasteiger charge is 2.01. The van der Waals surface area contributed by atoms with E-state index in [1.54, 1.807) is 0 Å². The molecule has 5 heteroatoms. The van der Waals surface area contributed by atoms with Crippen molar-refractivity contribution in [3.63, 3.8) is 0 Å². The SMILES string of the molecule is Cc1cc(SCCNCCCN(C)C)n(C)n1. The van der Waals surface area contributed by atoms with Crippen LogP contribution in [0.15, 0.2) is 11.1 Å². The molecule has 0 atom stereocenters. The van der Waals surface area contributed by atoms with Gasteiger partial charge in [-0.3, -0.25) is 4.68 Å². The minimum Gasteiger partial charge on any atom is -0.316 e. The minimum absolute atomic E-state index is 1.06. The molecule has 0 saturated heterocycles. The largest absolute Gasteiger partial charge is 0.316 e. The predicted molar refractivity (Wildman–Crippen MR) is 74.7 cm³/mol. The van der Waals surface area contributed by atoms with Crippen LogP contribution in [0, 0.1) is 6.92 Å². The lowest BCUT2D eigenvalue weighted by Crippen LogP contribution is -2.23. The van der Waals surface area contributed by atoms with Gasteiger partial charge in [0.15, 0.2) is 0 Å². The molecule has 98 valence electrons. The Labute approximate surface area is 109 Å². The monoisotopic (exact) mass is 256 g/mol. The Morgan fingerprint density at radius 3 is 2.76 bits per heavy atom. The summed E-state index contributed by atoms with van der Waals surface area (Å²) in [6.45, 7) is 5.34. The average molecular weight is 256 g/mol. The third-order valence-electron chi connectivity index (χ3n) is 2.45. The summed E-state index contributed by atoms with van der Waals surface area (Å²) in [5.74, 6) is 1.10. The van der Waals surface area contributed by atoms with Crippen LogP contribution in [0.1, 0.15) is 12.1 Å². The van der Waals surface area contributed by atoms with Crippen LogP contribution in [0.3, 0.4) is 0 Å². The van der Waals surface area contributed by atoms with Crippen molar-refractivity contribution in [1.29, 1.82) is 0 Å². The van der Waals surface area contributed by atoms with Gasteiger partial charge in [0, 0.05) is 19.3 Å². The Hall–Kier alpha value is -0.520. The molecule has 0 bridgehead atoms. The van der Waals surface area contributed by atoms with Gasteiger partial charge in [0.2, 0.25) is 0 Å². The zero-order chi connectivity index (χ0) is 12.7. The molecular formula is C12H24N4S. The molecule has 0 radical (unpaired) electrons. The van der Waals surface area contributed by atoms with Crippen molar-refractivity contribution in [1.82, 2.24) is 20.0 Å². The van der Waals surface area contributed by atoms with Crippen molar-refractivity contribution in [2.45, 2.75) is 18.4 Å². The van der Waals surface area contributed by atoms with Gasteiger partial charge in [-0.1, -0.05) is 0 Å². The van der Waals surface area contributed by atoms with Crippen LogP contribution in [0.25, 0.3) is 0 Å². The summed E-state index contributed by atoms with van der Waals surface area (Å²) in [6, 6.07) is 2.14. The fraction of sp³-hybridized carbons (Fsp3) is 0.750. The lowest BCUT2D eigenvalue weighted by molar-refractivity contribution is 0.396. The van der Waals surface area contributed by atoms with Gasteiger partial charge in [-0.15, -0.1) is 11.8 Å². The number of rotatable bonds is 8. The van der Waals surface area contributed by atoms with E-state index in [4.69, 9.17) is 0 Å². The van der Waals surface area contributed by atoms with E-state index in [0.29, 0.717) is 0 Å². The molecule has 1 aromatic rings. The fourth-order valence-electron chi connectivity index (χ4n) is 1.59. The summed E-state index contributed by atoms with van der Waals surface area (Å²) in [6.07, 6.45) is 1.21. The summed E-state index contributed by atoms with van der Waals surface area (Å²) >= 11 is 1.86. The van der Waals surface area contributed by atoms with Gasteiger partial charge in [0.05, 0.1) is 10.7 Å². The van der Waals surface area contributed by atoms with E-state index in [0.717, 1.165) is 31.1 Å². The number of thioether (sulfide) groups is 1. The first kappa shape index (κ1) is 14.5. The van der Waals surface area contributed by atoms with Crippen molar-refractivity contribution in [3.05, 3.63) is 11.8 Å². The minimum atomic E-state index is 1.06. The van der Waals surface area contributed by atoms with E-state index in [9.17, 15) is 0 Å². The maximum atomic E-state index is 4.33. The molecule has 1 rings (SSSR count). The Balaban J connectivity index is 2.03. The van der Waals surface area contributed by atoms with E-state index >= 15 is 0 Å². The Kier molecular flexibility index (Phi) is 6.62. The van der Waals surface area contributed by atoms with E-state index in [1.165, 1.54) is 11.4 Å². The smallest absolute Gasteiger partial charge is 0.0939 e. The van der Waals surface area contributed by atoms with Crippen molar-refractivity contribution in [3.8, 4) is 0 Å². The molecule has 17 heavy (non-hydrogen) atoms. The fourth-order valence-corrected chi connectivity index (χ4v) is 2.53. The number of hydrogen-bond acceptors (Lipinski definition) is 4. The van der Waals surface area contributed by atoms with Crippen LogP contribution >= 0.6 is 11.8 Å². The van der Waals surface area contributed by atoms with Gasteiger partial charge >= 0.3 is 0 Å². The Morgan fingerprint density at radius 2 is 2.18 bits per heavy atom. The second kappa shape index (κ2) is 7.74. The molecule has 4 nitrogen and oxygen atoms in total. The highest BCUT2D eigenvalue weighted by Crippen LogP contribution is 2.17. The van der Waals surface area contributed by atoms with Crippen molar-refractivity contribution in [2.75, 3.05) is 39.5 Å². The van der Waals surface area contributed by atoms with E-state index in [1.807, 2.05) is 30.4 Å². The molecule has 0 aliphatic rings. The average Bonchev–Trinajstić information content (AvgIpc) is 2.55. The van der Waals surface area contributed by atoms with Crippen molar-refractivity contribution in [2.24, 2.45) is 7.05 Å². The summed E-state index contributed by atoms with van der Waals surface area (Å²) in [5.41, 5.74) is 1.09. The third kappa shape index (κ3) is 6.10. The first-order chi connectivity index (χ1) is 8.09. The van der Waals surface area contributed by atoms with Crippen LogP contribution in [-0.4, -0.2) is 54.2 Å². The maximum Gasteiger partial charge on any atom is 0.0939 e. The van der Waals surface area contributed by atoms with Crippen molar-refractivity contribution < 1.29 is 0 Å². The first-order valence-electron chi connectivity index (χ1n) is 6.08. The van der Waals surface area contributed by atoms with E-state index in [2.05, 4.69) is 35.5 Å². The summed E-state index contributed by atoms with van der Waals surface area (Å²) < 4.78 is 1.95. The molecule has 1 aromatic heterocycles. The molecule has 1 heterocycles. The van der Waals surface area contributed by atoms with Gasteiger partial charge < -0.3 is 10.2 Å². The quantitative estimate of drug-likeness (QED) is 0.562. The van der Waals surface area contributed by atoms with Crippen LogP contribution in [-0.2, 0) is 7.05 Å². The van der Waals surface area contributed by atoms with Crippen LogP contribution < -0.4 is 5.32 Å². The first-order valence-corrected chi connectivity index (χ1v) is 7.07. The molecule has 0 aromatic carbocycles. The van der Waals surface area contributed by atoms with Gasteiger partial charge in [-0.25, -0.2) is 0 Å². The summed E-state index contributed by atoms with van der Waals surface area (Å²) in [7, 11) is 6.22. The zero-order valence-electron chi connectivity index (χ0n) is 11.4. The highest BCUT2D eigenvalue weighted by molar-refractivity contribution is 7.99. The molecular weight excluding hydrogens is 232 g/mol. The van der Waals surface area contributed by atoms with E-state index < -0.39 is 0 Å². The normalized spacial score (nSPS) is 11.4. The van der Waals surface area contributed by atoms with Crippen LogP contribution in [0.4, 0.5) is 0 Å². The third-order valence-corrected chi connectivity index (χ3v) is 3.53. The topological polar surface area (TPSA) is 33.1 Å². The zero-order valence-corrected chi connectivity index (χ0v) is 12.2. The summed E-state index contributed by atoms with van der Waals surface area (Å²) in [4.78, 5) is 2.22. The van der Waals surface area contributed by atoms with Gasteiger partial charge in [0.1, 0.15) is 0 Å². The lowest BCUT2D eigenvalue weighted by Gasteiger charge is -2.09. The Morgan fingerprint density at radius 1 is 1.41 bits per heavy atom. The predicted octanol–water partition coefficient (Wildman–Crippen LogP) is 1.36. The number of aromatic nitrogens is 2. The van der Waals surface area contributed by atoms with Gasteiger partial charge in [0.25, 0.3) is 0 Å².